The van der Waals surface area contributed by atoms with Crippen molar-refractivity contribution in [3.63, 3.8) is 0 Å². The molecule has 0 saturated heterocycles. The standard InChI is InChI=1S/C18H34O9/c1-3-25-16(26-4-2)8-10-23-11-12-24-13-14-27-18(22)15(17(20)21)7-5-6-9-19/h15-16,19H,3-14H2,1-2H3,(H,20,21). The van der Waals surface area contributed by atoms with Gasteiger partial charge in [0.25, 0.3) is 0 Å². The number of aliphatic carboxylic acids is 1. The molecule has 0 rings (SSSR count). The topological polar surface area (TPSA) is 121 Å². The molecule has 0 saturated carbocycles. The van der Waals surface area contributed by atoms with E-state index in [0.29, 0.717) is 52.3 Å². The number of esters is 1. The van der Waals surface area contributed by atoms with Crippen LogP contribution in [0.3, 0.4) is 0 Å². The molecule has 9 nitrogen and oxygen atoms in total. The van der Waals surface area contributed by atoms with Crippen LogP contribution in [0.5, 0.6) is 0 Å². The molecule has 0 aliphatic carbocycles. The first-order valence-electron chi connectivity index (χ1n) is 9.45. The second-order valence-corrected chi connectivity index (χ2v) is 5.63. The number of carbonyl (C=O) groups is 2. The van der Waals surface area contributed by atoms with Gasteiger partial charge >= 0.3 is 11.9 Å². The molecule has 160 valence electrons. The van der Waals surface area contributed by atoms with Crippen LogP contribution in [0.25, 0.3) is 0 Å². The maximum absolute atomic E-state index is 11.8. The molecule has 0 aromatic heterocycles. The Morgan fingerprint density at radius 1 is 0.852 bits per heavy atom. The zero-order valence-corrected chi connectivity index (χ0v) is 16.4. The highest BCUT2D eigenvalue weighted by Gasteiger charge is 2.27. The summed E-state index contributed by atoms with van der Waals surface area (Å²) < 4.78 is 26.4. The largest absolute Gasteiger partial charge is 0.481 e. The van der Waals surface area contributed by atoms with Crippen molar-refractivity contribution in [2.45, 2.75) is 45.8 Å². The van der Waals surface area contributed by atoms with Crippen molar-refractivity contribution in [2.75, 3.05) is 52.9 Å². The second-order valence-electron chi connectivity index (χ2n) is 5.63. The molecule has 0 fully saturated rings. The Morgan fingerprint density at radius 2 is 1.44 bits per heavy atom. The minimum absolute atomic E-state index is 0.0145. The summed E-state index contributed by atoms with van der Waals surface area (Å²) in [4.78, 5) is 22.8. The van der Waals surface area contributed by atoms with Crippen LogP contribution in [0.15, 0.2) is 0 Å². The van der Waals surface area contributed by atoms with Gasteiger partial charge in [0.1, 0.15) is 6.61 Å². The first-order valence-corrected chi connectivity index (χ1v) is 9.45. The molecule has 1 atom stereocenters. The number of aliphatic hydroxyl groups excluding tert-OH is 1. The molecule has 27 heavy (non-hydrogen) atoms. The molecule has 0 aromatic carbocycles. The van der Waals surface area contributed by atoms with E-state index >= 15 is 0 Å². The number of rotatable bonds is 19. The molecule has 0 spiro atoms. The van der Waals surface area contributed by atoms with Crippen LogP contribution < -0.4 is 0 Å². The van der Waals surface area contributed by atoms with Gasteiger partial charge in [-0.25, -0.2) is 0 Å². The van der Waals surface area contributed by atoms with E-state index in [1.54, 1.807) is 0 Å². The van der Waals surface area contributed by atoms with E-state index in [4.69, 9.17) is 33.9 Å². The summed E-state index contributed by atoms with van der Waals surface area (Å²) in [7, 11) is 0. The van der Waals surface area contributed by atoms with E-state index in [9.17, 15) is 9.59 Å². The van der Waals surface area contributed by atoms with Gasteiger partial charge in [-0.2, -0.15) is 0 Å². The summed E-state index contributed by atoms with van der Waals surface area (Å²) in [5.74, 6) is -3.20. The predicted octanol–water partition coefficient (Wildman–Crippen LogP) is 1.22. The Balaban J connectivity index is 3.69. The molecule has 2 N–H and O–H groups in total. The normalized spacial score (nSPS) is 12.3. The molecular weight excluding hydrogens is 360 g/mol. The third-order valence-electron chi connectivity index (χ3n) is 3.53. The summed E-state index contributed by atoms with van der Waals surface area (Å²) in [6.07, 6.45) is 1.42. The maximum atomic E-state index is 11.8. The average molecular weight is 394 g/mol. The lowest BCUT2D eigenvalue weighted by Crippen LogP contribution is -2.27. The van der Waals surface area contributed by atoms with Crippen LogP contribution in [0.4, 0.5) is 0 Å². The number of unbranched alkanes of at least 4 members (excludes halogenated alkanes) is 1. The molecule has 0 heterocycles. The summed E-state index contributed by atoms with van der Waals surface area (Å²) in [6, 6.07) is 0. The van der Waals surface area contributed by atoms with Gasteiger partial charge in [0.15, 0.2) is 12.2 Å². The zero-order valence-electron chi connectivity index (χ0n) is 16.4. The number of hydrogen-bond donors (Lipinski definition) is 2. The number of carboxylic acids is 1. The summed E-state index contributed by atoms with van der Waals surface area (Å²) in [5, 5.41) is 17.8. The predicted molar refractivity (Wildman–Crippen MR) is 96.3 cm³/mol. The number of ether oxygens (including phenoxy) is 5. The average Bonchev–Trinajstić information content (AvgIpc) is 2.63. The SMILES string of the molecule is CCOC(CCOCCOCCOC(=O)C(CCCCO)C(=O)O)OCC. The number of hydrogen-bond acceptors (Lipinski definition) is 8. The van der Waals surface area contributed by atoms with E-state index in [2.05, 4.69) is 0 Å². The van der Waals surface area contributed by atoms with Gasteiger partial charge in [-0.1, -0.05) is 0 Å². The third kappa shape index (κ3) is 14.5. The van der Waals surface area contributed by atoms with Crippen molar-refractivity contribution >= 4 is 11.9 Å². The van der Waals surface area contributed by atoms with Crippen LogP contribution in [0.2, 0.25) is 0 Å². The molecule has 1 unspecified atom stereocenters. The molecule has 0 radical (unpaired) electrons. The highest BCUT2D eigenvalue weighted by atomic mass is 16.7. The maximum Gasteiger partial charge on any atom is 0.320 e. The fourth-order valence-corrected chi connectivity index (χ4v) is 2.19. The van der Waals surface area contributed by atoms with E-state index in [1.807, 2.05) is 13.8 Å². The number of carboxylic acid groups (broad SMARTS) is 1. The Bertz CT molecular complexity index is 370. The van der Waals surface area contributed by atoms with E-state index in [1.165, 1.54) is 0 Å². The van der Waals surface area contributed by atoms with Crippen LogP contribution in [-0.2, 0) is 33.3 Å². The molecule has 0 aliphatic rings. The van der Waals surface area contributed by atoms with Crippen molar-refractivity contribution in [3.8, 4) is 0 Å². The van der Waals surface area contributed by atoms with Crippen LogP contribution in [0, 0.1) is 5.92 Å². The van der Waals surface area contributed by atoms with Crippen molar-refractivity contribution < 1.29 is 43.5 Å². The highest BCUT2D eigenvalue weighted by Crippen LogP contribution is 2.11. The quantitative estimate of drug-likeness (QED) is 0.144. The lowest BCUT2D eigenvalue weighted by Gasteiger charge is -2.16. The summed E-state index contributed by atoms with van der Waals surface area (Å²) >= 11 is 0. The van der Waals surface area contributed by atoms with Gasteiger partial charge in [0.05, 0.1) is 26.4 Å². The van der Waals surface area contributed by atoms with Crippen LogP contribution in [0.1, 0.15) is 39.5 Å². The molecule has 0 aliphatic heterocycles. The monoisotopic (exact) mass is 394 g/mol. The minimum atomic E-state index is -1.22. The lowest BCUT2D eigenvalue weighted by molar-refractivity contribution is -0.160. The number of carbonyl (C=O) groups excluding carboxylic acids is 1. The molecule has 0 aromatic rings. The van der Waals surface area contributed by atoms with Gasteiger partial charge in [0, 0.05) is 26.2 Å². The Hall–Kier alpha value is -1.26. The molecule has 0 bridgehead atoms. The Labute approximate surface area is 160 Å². The first-order chi connectivity index (χ1) is 13.1. The van der Waals surface area contributed by atoms with E-state index < -0.39 is 17.9 Å². The Kier molecular flexibility index (Phi) is 17.3. The van der Waals surface area contributed by atoms with Crippen molar-refractivity contribution in [3.05, 3.63) is 0 Å². The number of aliphatic hydroxyl groups is 1. The molecular formula is C18H34O9. The van der Waals surface area contributed by atoms with Crippen molar-refractivity contribution in [1.82, 2.24) is 0 Å². The van der Waals surface area contributed by atoms with Crippen molar-refractivity contribution in [1.29, 1.82) is 0 Å². The summed E-state index contributed by atoms with van der Waals surface area (Å²) in [5.41, 5.74) is 0. The Morgan fingerprint density at radius 3 is 2.00 bits per heavy atom. The van der Waals surface area contributed by atoms with E-state index in [0.717, 1.165) is 0 Å². The lowest BCUT2D eigenvalue weighted by atomic mass is 10.0. The smallest absolute Gasteiger partial charge is 0.320 e. The van der Waals surface area contributed by atoms with Gasteiger partial charge in [-0.05, 0) is 33.1 Å². The van der Waals surface area contributed by atoms with Gasteiger partial charge < -0.3 is 33.9 Å². The van der Waals surface area contributed by atoms with E-state index in [-0.39, 0.29) is 32.5 Å². The fraction of sp³-hybridized carbons (Fsp3) is 0.889. The van der Waals surface area contributed by atoms with Gasteiger partial charge in [-0.15, -0.1) is 0 Å². The highest BCUT2D eigenvalue weighted by molar-refractivity contribution is 5.93. The third-order valence-corrected chi connectivity index (χ3v) is 3.53. The minimum Gasteiger partial charge on any atom is -0.481 e. The van der Waals surface area contributed by atoms with Crippen molar-refractivity contribution in [2.24, 2.45) is 5.92 Å². The summed E-state index contributed by atoms with van der Waals surface area (Å²) in [6.45, 7) is 6.29. The van der Waals surface area contributed by atoms with Crippen LogP contribution >= 0.6 is 0 Å². The molecule has 0 amide bonds. The second kappa shape index (κ2) is 18.1. The first kappa shape index (κ1) is 25.7. The van der Waals surface area contributed by atoms with Gasteiger partial charge in [-0.3, -0.25) is 9.59 Å². The zero-order chi connectivity index (χ0) is 20.3. The van der Waals surface area contributed by atoms with Crippen LogP contribution in [-0.4, -0.2) is 81.3 Å². The fourth-order valence-electron chi connectivity index (χ4n) is 2.19. The molecule has 9 heteroatoms. The van der Waals surface area contributed by atoms with Gasteiger partial charge in [0.2, 0.25) is 0 Å².